The minimum Gasteiger partial charge on any atom is -0.495 e. The van der Waals surface area contributed by atoms with Gasteiger partial charge in [0.25, 0.3) is 0 Å². The molecule has 1 aliphatic heterocycles. The van der Waals surface area contributed by atoms with Gasteiger partial charge in [0, 0.05) is 29.8 Å². The highest BCUT2D eigenvalue weighted by molar-refractivity contribution is 5.71. The Morgan fingerprint density at radius 2 is 1.80 bits per heavy atom. The first kappa shape index (κ1) is 22.7. The number of aromatic nitrogens is 2. The highest BCUT2D eigenvalue weighted by Crippen LogP contribution is 2.34. The molecule has 2 N–H and O–H groups in total. The fourth-order valence-corrected chi connectivity index (χ4v) is 4.42. The first-order valence-electron chi connectivity index (χ1n) is 11.5. The third kappa shape index (κ3) is 4.75. The molecule has 0 aliphatic carbocycles. The summed E-state index contributed by atoms with van der Waals surface area (Å²) in [5.41, 5.74) is 12.7. The Morgan fingerprint density at radius 1 is 1.03 bits per heavy atom. The summed E-state index contributed by atoms with van der Waals surface area (Å²) in [6.07, 6.45) is 2.22. The van der Waals surface area contributed by atoms with Gasteiger partial charge in [-0.15, -0.1) is 0 Å². The number of anilines is 2. The van der Waals surface area contributed by atoms with E-state index in [0.717, 1.165) is 45.1 Å². The Labute approximate surface area is 204 Å². The minimum absolute atomic E-state index is 0.245. The molecular weight excluding hydrogens is 443 g/mol. The van der Waals surface area contributed by atoms with Crippen LogP contribution in [-0.4, -0.2) is 30.2 Å². The Kier molecular flexibility index (Phi) is 6.23. The molecule has 7 heteroatoms. The van der Waals surface area contributed by atoms with Gasteiger partial charge in [-0.05, 0) is 60.0 Å². The van der Waals surface area contributed by atoms with E-state index in [1.54, 1.807) is 25.6 Å². The molecule has 0 atom stereocenters. The average Bonchev–Trinajstić information content (AvgIpc) is 3.08. The quantitative estimate of drug-likeness (QED) is 0.406. The number of benzene rings is 3. The number of rotatable bonds is 5. The summed E-state index contributed by atoms with van der Waals surface area (Å²) in [7, 11) is 1.62. The number of hydrogen-bond donors (Lipinski definition) is 1. The highest BCUT2D eigenvalue weighted by atomic mass is 19.1. The maximum absolute atomic E-state index is 13.4. The molecule has 1 aliphatic rings. The van der Waals surface area contributed by atoms with Gasteiger partial charge < -0.3 is 20.1 Å². The Hall–Kier alpha value is -4.13. The van der Waals surface area contributed by atoms with Crippen LogP contribution in [0, 0.1) is 12.7 Å². The molecule has 178 valence electrons. The molecule has 3 aromatic carbocycles. The number of nitrogen functional groups attached to an aromatic ring is 1. The monoisotopic (exact) mass is 470 g/mol. The van der Waals surface area contributed by atoms with E-state index in [9.17, 15) is 4.39 Å². The average molecular weight is 471 g/mol. The van der Waals surface area contributed by atoms with Gasteiger partial charge in [-0.3, -0.25) is 0 Å². The zero-order chi connectivity index (χ0) is 24.4. The van der Waals surface area contributed by atoms with E-state index in [-0.39, 0.29) is 5.82 Å². The van der Waals surface area contributed by atoms with Crippen molar-refractivity contribution in [2.45, 2.75) is 19.9 Å². The number of methoxy groups -OCH3 is 1. The van der Waals surface area contributed by atoms with Crippen molar-refractivity contribution in [1.29, 1.82) is 0 Å². The van der Waals surface area contributed by atoms with Gasteiger partial charge in [-0.2, -0.15) is 0 Å². The summed E-state index contributed by atoms with van der Waals surface area (Å²) in [6.45, 7) is 3.86. The van der Waals surface area contributed by atoms with Crippen molar-refractivity contribution in [3.05, 3.63) is 95.2 Å². The molecule has 6 nitrogen and oxygen atoms in total. The number of nitrogens with zero attached hydrogens (tertiary/aromatic N) is 3. The molecule has 2 heterocycles. The first-order valence-corrected chi connectivity index (χ1v) is 11.5. The first-order chi connectivity index (χ1) is 17.0. The summed E-state index contributed by atoms with van der Waals surface area (Å²) >= 11 is 0. The summed E-state index contributed by atoms with van der Waals surface area (Å²) in [4.78, 5) is 11.3. The molecule has 0 radical (unpaired) electrons. The van der Waals surface area contributed by atoms with Gasteiger partial charge in [0.1, 0.15) is 36.1 Å². The smallest absolute Gasteiger partial charge is 0.142 e. The van der Waals surface area contributed by atoms with Gasteiger partial charge in [0.15, 0.2) is 0 Å². The van der Waals surface area contributed by atoms with Crippen LogP contribution in [0.15, 0.2) is 67.0 Å². The van der Waals surface area contributed by atoms with Crippen molar-refractivity contribution in [3.8, 4) is 22.6 Å². The topological polar surface area (TPSA) is 73.5 Å². The van der Waals surface area contributed by atoms with Crippen molar-refractivity contribution in [2.75, 3.05) is 30.9 Å². The van der Waals surface area contributed by atoms with Crippen molar-refractivity contribution in [2.24, 2.45) is 0 Å². The molecular formula is C28H27FN4O2. The lowest BCUT2D eigenvalue weighted by Crippen LogP contribution is -2.28. The summed E-state index contributed by atoms with van der Waals surface area (Å²) in [5.74, 6) is 2.14. The van der Waals surface area contributed by atoms with Crippen LogP contribution in [0.4, 0.5) is 15.9 Å². The molecule has 0 saturated heterocycles. The molecule has 35 heavy (non-hydrogen) atoms. The largest absolute Gasteiger partial charge is 0.495 e. The molecule has 0 amide bonds. The SMILES string of the molecule is COc1cc(-c2ccc3c(c2)CN(c2ncnc(C)c2Cc2ccc(F)cc2)CCO3)ccc1N. The van der Waals surface area contributed by atoms with Gasteiger partial charge >= 0.3 is 0 Å². The van der Waals surface area contributed by atoms with E-state index < -0.39 is 0 Å². The van der Waals surface area contributed by atoms with Crippen LogP contribution in [0.3, 0.4) is 0 Å². The molecule has 4 aromatic rings. The highest BCUT2D eigenvalue weighted by Gasteiger charge is 2.21. The van der Waals surface area contributed by atoms with E-state index in [0.29, 0.717) is 37.6 Å². The van der Waals surface area contributed by atoms with Crippen LogP contribution >= 0.6 is 0 Å². The van der Waals surface area contributed by atoms with Crippen molar-refractivity contribution < 1.29 is 13.9 Å². The molecule has 0 unspecified atom stereocenters. The van der Waals surface area contributed by atoms with Gasteiger partial charge in [0.05, 0.1) is 19.3 Å². The number of hydrogen-bond acceptors (Lipinski definition) is 6. The second-order valence-corrected chi connectivity index (χ2v) is 8.61. The fraction of sp³-hybridized carbons (Fsp3) is 0.214. The standard InChI is InChI=1S/C28H27FN4O2/c1-18-24(13-19-3-7-23(29)8-4-19)28(32-17-31-18)33-11-12-35-26-10-6-20(14-22(26)16-33)21-5-9-25(30)27(15-21)34-2/h3-10,14-15,17H,11-13,16,30H2,1-2H3. The van der Waals surface area contributed by atoms with Crippen LogP contribution in [0.25, 0.3) is 11.1 Å². The van der Waals surface area contributed by atoms with Crippen molar-refractivity contribution in [1.82, 2.24) is 9.97 Å². The third-order valence-electron chi connectivity index (χ3n) is 6.34. The molecule has 0 bridgehead atoms. The molecule has 0 spiro atoms. The van der Waals surface area contributed by atoms with Gasteiger partial charge in [-0.25, -0.2) is 14.4 Å². The third-order valence-corrected chi connectivity index (χ3v) is 6.34. The van der Waals surface area contributed by atoms with Crippen molar-refractivity contribution in [3.63, 3.8) is 0 Å². The predicted molar refractivity (Wildman–Crippen MR) is 135 cm³/mol. The Morgan fingerprint density at radius 3 is 2.60 bits per heavy atom. The number of nitrogens with two attached hydrogens (primary N) is 1. The van der Waals surface area contributed by atoms with E-state index in [1.807, 2.05) is 37.3 Å². The van der Waals surface area contributed by atoms with Gasteiger partial charge in [-0.1, -0.05) is 24.3 Å². The number of aryl methyl sites for hydroxylation is 1. The summed E-state index contributed by atoms with van der Waals surface area (Å²) in [6, 6.07) is 18.6. The van der Waals surface area contributed by atoms with E-state index >= 15 is 0 Å². The lowest BCUT2D eigenvalue weighted by molar-refractivity contribution is 0.331. The molecule has 0 saturated carbocycles. The van der Waals surface area contributed by atoms with E-state index in [2.05, 4.69) is 20.9 Å². The lowest BCUT2D eigenvalue weighted by atomic mass is 10.0. The molecule has 0 fully saturated rings. The van der Waals surface area contributed by atoms with Crippen LogP contribution in [0.5, 0.6) is 11.5 Å². The van der Waals surface area contributed by atoms with Crippen LogP contribution < -0.4 is 20.1 Å². The normalized spacial score (nSPS) is 13.1. The summed E-state index contributed by atoms with van der Waals surface area (Å²) < 4.78 is 24.9. The second kappa shape index (κ2) is 9.62. The Bertz CT molecular complexity index is 1360. The van der Waals surface area contributed by atoms with Crippen LogP contribution in [-0.2, 0) is 13.0 Å². The number of fused-ring (bicyclic) bond motifs is 1. The Balaban J connectivity index is 1.48. The van der Waals surface area contributed by atoms with Crippen LogP contribution in [0.2, 0.25) is 0 Å². The molecule has 1 aromatic heterocycles. The summed E-state index contributed by atoms with van der Waals surface area (Å²) in [5, 5.41) is 0. The minimum atomic E-state index is -0.245. The number of ether oxygens (including phenoxy) is 2. The second-order valence-electron chi connectivity index (χ2n) is 8.61. The van der Waals surface area contributed by atoms with Gasteiger partial charge in [0.2, 0.25) is 0 Å². The molecule has 5 rings (SSSR count). The van der Waals surface area contributed by atoms with Crippen LogP contribution in [0.1, 0.15) is 22.4 Å². The fourth-order valence-electron chi connectivity index (χ4n) is 4.42. The van der Waals surface area contributed by atoms with E-state index in [1.165, 1.54) is 12.1 Å². The maximum Gasteiger partial charge on any atom is 0.142 e. The predicted octanol–water partition coefficient (Wildman–Crippen LogP) is 5.17. The zero-order valence-electron chi connectivity index (χ0n) is 19.8. The lowest BCUT2D eigenvalue weighted by Gasteiger charge is -2.24. The van der Waals surface area contributed by atoms with E-state index in [4.69, 9.17) is 15.2 Å². The number of halogens is 1. The zero-order valence-corrected chi connectivity index (χ0v) is 19.8. The van der Waals surface area contributed by atoms with Crippen molar-refractivity contribution >= 4 is 11.5 Å². The maximum atomic E-state index is 13.4.